The summed E-state index contributed by atoms with van der Waals surface area (Å²) >= 11 is 5.50. The van der Waals surface area contributed by atoms with E-state index in [1.165, 1.54) is 0 Å². The van der Waals surface area contributed by atoms with E-state index < -0.39 is 0 Å². The number of aliphatic imine (C=N–C) groups is 1. The zero-order valence-corrected chi connectivity index (χ0v) is 8.08. The summed E-state index contributed by atoms with van der Waals surface area (Å²) in [6.45, 7) is 0. The van der Waals surface area contributed by atoms with Crippen LogP contribution in [-0.2, 0) is 0 Å². The molecule has 0 heterocycles. The van der Waals surface area contributed by atoms with Gasteiger partial charge in [0.25, 0.3) is 0 Å². The number of hydrogen-bond donors (Lipinski definition) is 1. The monoisotopic (exact) mass is 198 g/mol. The molecule has 1 aromatic rings. The molecule has 0 unspecified atom stereocenters. The topological polar surface area (TPSA) is 47.6 Å². The van der Waals surface area contributed by atoms with Crippen LogP contribution >= 0.6 is 11.6 Å². The zero-order chi connectivity index (χ0) is 9.68. The summed E-state index contributed by atoms with van der Waals surface area (Å²) in [6, 6.07) is 7.37. The van der Waals surface area contributed by atoms with Gasteiger partial charge in [-0.3, -0.25) is 0 Å². The number of methoxy groups -OCH3 is 1. The van der Waals surface area contributed by atoms with Gasteiger partial charge in [-0.05, 0) is 12.1 Å². The number of hydrogen-bond acceptors (Lipinski definition) is 2. The zero-order valence-electron chi connectivity index (χ0n) is 7.33. The van der Waals surface area contributed by atoms with Crippen LogP contribution in [0, 0.1) is 0 Å². The normalized spacial score (nSPS) is 11.4. The third-order valence-corrected chi connectivity index (χ3v) is 1.76. The molecule has 1 aromatic carbocycles. The molecule has 0 fully saturated rings. The van der Waals surface area contributed by atoms with Crippen LogP contribution < -0.4 is 10.5 Å². The summed E-state index contributed by atoms with van der Waals surface area (Å²) in [4.78, 5) is 4.09. The van der Waals surface area contributed by atoms with Crippen molar-refractivity contribution >= 4 is 23.1 Å². The summed E-state index contributed by atoms with van der Waals surface area (Å²) in [6.07, 6.45) is 0. The maximum atomic E-state index is 5.50. The summed E-state index contributed by atoms with van der Waals surface area (Å²) in [5.41, 5.74) is 6.19. The first-order valence-corrected chi connectivity index (χ1v) is 4.33. The van der Waals surface area contributed by atoms with Gasteiger partial charge in [-0.15, -0.1) is 11.6 Å². The first kappa shape index (κ1) is 9.86. The highest BCUT2D eigenvalue weighted by Gasteiger charge is 1.99. The van der Waals surface area contributed by atoms with E-state index in [1.807, 2.05) is 24.3 Å². The summed E-state index contributed by atoms with van der Waals surface area (Å²) in [7, 11) is 1.59. The van der Waals surface area contributed by atoms with E-state index in [9.17, 15) is 0 Å². The predicted molar refractivity (Wildman–Crippen MR) is 55.0 cm³/mol. The fraction of sp³-hybridized carbons (Fsp3) is 0.222. The number of para-hydroxylation sites is 2. The Labute approximate surface area is 82.2 Å². The van der Waals surface area contributed by atoms with Gasteiger partial charge >= 0.3 is 0 Å². The number of rotatable bonds is 3. The van der Waals surface area contributed by atoms with Crippen molar-refractivity contribution in [2.45, 2.75) is 0 Å². The minimum absolute atomic E-state index is 0.220. The molecular formula is C9H11ClN2O. The van der Waals surface area contributed by atoms with E-state index in [-0.39, 0.29) is 5.88 Å². The van der Waals surface area contributed by atoms with Gasteiger partial charge in [-0.1, -0.05) is 12.1 Å². The van der Waals surface area contributed by atoms with Crippen molar-refractivity contribution in [1.82, 2.24) is 0 Å². The number of alkyl halides is 1. The van der Waals surface area contributed by atoms with Crippen molar-refractivity contribution < 1.29 is 4.74 Å². The maximum Gasteiger partial charge on any atom is 0.144 e. The highest BCUT2D eigenvalue weighted by Crippen LogP contribution is 2.25. The number of amidine groups is 1. The number of ether oxygens (including phenoxy) is 1. The Bertz CT molecular complexity index is 312. The van der Waals surface area contributed by atoms with Crippen molar-refractivity contribution in [1.29, 1.82) is 0 Å². The van der Waals surface area contributed by atoms with Crippen LogP contribution in [0.25, 0.3) is 0 Å². The molecule has 3 nitrogen and oxygen atoms in total. The van der Waals surface area contributed by atoms with Crippen LogP contribution in [0.15, 0.2) is 29.3 Å². The third kappa shape index (κ3) is 2.63. The number of benzene rings is 1. The first-order chi connectivity index (χ1) is 6.27. The van der Waals surface area contributed by atoms with Crippen LogP contribution in [0.3, 0.4) is 0 Å². The molecule has 0 spiro atoms. The van der Waals surface area contributed by atoms with Crippen molar-refractivity contribution in [2.75, 3.05) is 13.0 Å². The van der Waals surface area contributed by atoms with Gasteiger partial charge in [0, 0.05) is 0 Å². The molecule has 0 aliphatic rings. The summed E-state index contributed by atoms with van der Waals surface area (Å²) in [5.74, 6) is 1.29. The van der Waals surface area contributed by atoms with Crippen molar-refractivity contribution in [3.8, 4) is 5.75 Å². The molecular weight excluding hydrogens is 188 g/mol. The van der Waals surface area contributed by atoms with Crippen LogP contribution in [0.5, 0.6) is 5.75 Å². The van der Waals surface area contributed by atoms with Gasteiger partial charge in [-0.2, -0.15) is 0 Å². The molecule has 2 N–H and O–H groups in total. The predicted octanol–water partition coefficient (Wildman–Crippen LogP) is 1.92. The smallest absolute Gasteiger partial charge is 0.144 e. The van der Waals surface area contributed by atoms with Crippen molar-refractivity contribution in [2.24, 2.45) is 10.7 Å². The lowest BCUT2D eigenvalue weighted by Crippen LogP contribution is -2.12. The average molecular weight is 199 g/mol. The Balaban J connectivity index is 2.99. The lowest BCUT2D eigenvalue weighted by molar-refractivity contribution is 0.416. The first-order valence-electron chi connectivity index (χ1n) is 3.80. The van der Waals surface area contributed by atoms with E-state index in [1.54, 1.807) is 7.11 Å². The minimum Gasteiger partial charge on any atom is -0.494 e. The van der Waals surface area contributed by atoms with Crippen LogP contribution in [0.2, 0.25) is 0 Å². The Kier molecular flexibility index (Phi) is 3.58. The Morgan fingerprint density at radius 1 is 1.54 bits per heavy atom. The van der Waals surface area contributed by atoms with E-state index in [2.05, 4.69) is 4.99 Å². The second kappa shape index (κ2) is 4.72. The van der Waals surface area contributed by atoms with Crippen molar-refractivity contribution in [3.63, 3.8) is 0 Å². The Morgan fingerprint density at radius 2 is 2.23 bits per heavy atom. The van der Waals surface area contributed by atoms with Gasteiger partial charge in [0.1, 0.15) is 17.3 Å². The van der Waals surface area contributed by atoms with E-state index in [4.69, 9.17) is 22.1 Å². The number of nitrogens with two attached hydrogens (primary N) is 1. The minimum atomic E-state index is 0.220. The molecule has 0 saturated carbocycles. The Morgan fingerprint density at radius 3 is 2.85 bits per heavy atom. The molecule has 0 amide bonds. The van der Waals surface area contributed by atoms with Crippen molar-refractivity contribution in [3.05, 3.63) is 24.3 Å². The molecule has 0 bridgehead atoms. The lowest BCUT2D eigenvalue weighted by atomic mass is 10.3. The van der Waals surface area contributed by atoms with E-state index in [0.717, 1.165) is 0 Å². The molecule has 0 atom stereocenters. The van der Waals surface area contributed by atoms with E-state index >= 15 is 0 Å². The van der Waals surface area contributed by atoms with Gasteiger partial charge in [-0.25, -0.2) is 4.99 Å². The third-order valence-electron chi connectivity index (χ3n) is 1.49. The molecule has 0 saturated heterocycles. The fourth-order valence-electron chi connectivity index (χ4n) is 0.907. The van der Waals surface area contributed by atoms with Gasteiger partial charge < -0.3 is 10.5 Å². The summed E-state index contributed by atoms with van der Waals surface area (Å²) in [5, 5.41) is 0. The van der Waals surface area contributed by atoms with Crippen LogP contribution in [0.1, 0.15) is 0 Å². The average Bonchev–Trinajstić information content (AvgIpc) is 2.18. The lowest BCUT2D eigenvalue weighted by Gasteiger charge is -2.03. The number of halogens is 1. The highest BCUT2D eigenvalue weighted by molar-refractivity contribution is 6.28. The highest BCUT2D eigenvalue weighted by atomic mass is 35.5. The second-order valence-corrected chi connectivity index (χ2v) is 2.68. The van der Waals surface area contributed by atoms with Gasteiger partial charge in [0.05, 0.1) is 13.0 Å². The quantitative estimate of drug-likeness (QED) is 0.458. The maximum absolute atomic E-state index is 5.50. The molecule has 4 heteroatoms. The molecule has 0 radical (unpaired) electrons. The van der Waals surface area contributed by atoms with Gasteiger partial charge in [0.15, 0.2) is 0 Å². The Hall–Kier alpha value is -1.22. The SMILES string of the molecule is COc1ccccc1N=C(N)CCl. The second-order valence-electron chi connectivity index (χ2n) is 2.41. The van der Waals surface area contributed by atoms with Crippen LogP contribution in [0.4, 0.5) is 5.69 Å². The fourth-order valence-corrected chi connectivity index (χ4v) is 0.966. The summed E-state index contributed by atoms with van der Waals surface area (Å²) < 4.78 is 5.08. The van der Waals surface area contributed by atoms with Crippen LogP contribution in [-0.4, -0.2) is 18.8 Å². The van der Waals surface area contributed by atoms with E-state index in [0.29, 0.717) is 17.3 Å². The van der Waals surface area contributed by atoms with Gasteiger partial charge in [0.2, 0.25) is 0 Å². The molecule has 1 rings (SSSR count). The molecule has 70 valence electrons. The largest absolute Gasteiger partial charge is 0.494 e. The molecule has 0 aliphatic carbocycles. The standard InChI is InChI=1S/C9H11ClN2O/c1-13-8-5-3-2-4-7(8)12-9(11)6-10/h2-5H,6H2,1H3,(H2,11,12). The molecule has 13 heavy (non-hydrogen) atoms. The molecule has 0 aromatic heterocycles. The number of nitrogens with zero attached hydrogens (tertiary/aromatic N) is 1. The molecule has 0 aliphatic heterocycles.